The third-order valence-electron chi connectivity index (χ3n) is 6.60. The van der Waals surface area contributed by atoms with Crippen LogP contribution in [0.15, 0.2) is 42.5 Å². The lowest BCUT2D eigenvalue weighted by Crippen LogP contribution is -2.38. The molecule has 0 spiro atoms. The first-order chi connectivity index (χ1) is 17.0. The molecule has 0 unspecified atom stereocenters. The summed E-state index contributed by atoms with van der Waals surface area (Å²) in [6, 6.07) is 12.4. The first-order valence-electron chi connectivity index (χ1n) is 12.0. The minimum atomic E-state index is -0.352. The fourth-order valence-electron chi connectivity index (χ4n) is 4.63. The average Bonchev–Trinajstić information content (AvgIpc) is 3.58. The standard InChI is InChI=1S/C26H27ClFN3O3S/c27-22-10-7-19(28)15-23(22)34-21-11-13-31(14-12-21)20-8-5-17(6-9-20)25-30-29-24(35-25)16-33-26(32)18-3-1-2-4-18/h5-10,15,18,21H,1-4,11-14,16H2. The van der Waals surface area contributed by atoms with Crippen LogP contribution < -0.4 is 9.64 Å². The fourth-order valence-corrected chi connectivity index (χ4v) is 5.55. The summed E-state index contributed by atoms with van der Waals surface area (Å²) in [5, 5.41) is 10.4. The number of piperidine rings is 1. The molecule has 1 aliphatic carbocycles. The lowest BCUT2D eigenvalue weighted by molar-refractivity contribution is -0.149. The van der Waals surface area contributed by atoms with Crippen LogP contribution in [-0.2, 0) is 16.1 Å². The lowest BCUT2D eigenvalue weighted by atomic mass is 10.1. The summed E-state index contributed by atoms with van der Waals surface area (Å²) >= 11 is 7.58. The molecule has 0 amide bonds. The van der Waals surface area contributed by atoms with Gasteiger partial charge >= 0.3 is 5.97 Å². The second-order valence-electron chi connectivity index (χ2n) is 9.02. The van der Waals surface area contributed by atoms with Crippen molar-refractivity contribution in [1.29, 1.82) is 0 Å². The predicted octanol–water partition coefficient (Wildman–Crippen LogP) is 6.28. The second kappa shape index (κ2) is 10.9. The average molecular weight is 516 g/mol. The van der Waals surface area contributed by atoms with Gasteiger partial charge in [-0.3, -0.25) is 4.79 Å². The molecular weight excluding hydrogens is 489 g/mol. The van der Waals surface area contributed by atoms with Crippen molar-refractivity contribution in [3.8, 4) is 16.3 Å². The number of carbonyl (C=O) groups is 1. The Hall–Kier alpha value is -2.71. The van der Waals surface area contributed by atoms with Crippen molar-refractivity contribution in [2.45, 2.75) is 51.2 Å². The molecule has 184 valence electrons. The van der Waals surface area contributed by atoms with E-state index in [0.29, 0.717) is 15.8 Å². The minimum Gasteiger partial charge on any atom is -0.489 e. The van der Waals surface area contributed by atoms with Crippen molar-refractivity contribution in [3.63, 3.8) is 0 Å². The van der Waals surface area contributed by atoms with Crippen LogP contribution in [0.4, 0.5) is 10.1 Å². The monoisotopic (exact) mass is 515 g/mol. The summed E-state index contributed by atoms with van der Waals surface area (Å²) in [6.07, 6.45) is 5.73. The molecule has 35 heavy (non-hydrogen) atoms. The van der Waals surface area contributed by atoms with E-state index in [1.165, 1.54) is 29.5 Å². The Morgan fingerprint density at radius 3 is 2.54 bits per heavy atom. The van der Waals surface area contributed by atoms with E-state index in [0.717, 1.165) is 67.9 Å². The van der Waals surface area contributed by atoms with Crippen LogP contribution in [0.1, 0.15) is 43.5 Å². The van der Waals surface area contributed by atoms with E-state index >= 15 is 0 Å². The summed E-state index contributed by atoms with van der Waals surface area (Å²) in [4.78, 5) is 14.4. The highest BCUT2D eigenvalue weighted by molar-refractivity contribution is 7.14. The van der Waals surface area contributed by atoms with Gasteiger partial charge in [0.1, 0.15) is 29.3 Å². The number of aromatic nitrogens is 2. The molecule has 0 N–H and O–H groups in total. The van der Waals surface area contributed by atoms with Gasteiger partial charge in [0.15, 0.2) is 5.01 Å². The number of halogens is 2. The van der Waals surface area contributed by atoms with E-state index in [1.807, 2.05) is 12.1 Å². The number of anilines is 1. The van der Waals surface area contributed by atoms with E-state index in [-0.39, 0.29) is 30.4 Å². The summed E-state index contributed by atoms with van der Waals surface area (Å²) in [5.74, 6) is -0.0173. The normalized spacial score (nSPS) is 17.0. The first-order valence-corrected chi connectivity index (χ1v) is 13.2. The number of nitrogens with zero attached hydrogens (tertiary/aromatic N) is 3. The largest absolute Gasteiger partial charge is 0.489 e. The summed E-state index contributed by atoms with van der Waals surface area (Å²) < 4.78 is 24.9. The Labute approximate surface area is 213 Å². The van der Waals surface area contributed by atoms with Crippen molar-refractivity contribution in [3.05, 3.63) is 58.3 Å². The molecule has 1 aliphatic heterocycles. The van der Waals surface area contributed by atoms with Crippen molar-refractivity contribution >= 4 is 34.6 Å². The maximum Gasteiger partial charge on any atom is 0.309 e. The van der Waals surface area contributed by atoms with Crippen molar-refractivity contribution in [2.75, 3.05) is 18.0 Å². The molecule has 1 aromatic heterocycles. The fraction of sp³-hybridized carbons (Fsp3) is 0.423. The number of ether oxygens (including phenoxy) is 2. The number of hydrogen-bond acceptors (Lipinski definition) is 7. The minimum absolute atomic E-state index is 0.00686. The van der Waals surface area contributed by atoms with E-state index in [4.69, 9.17) is 21.1 Å². The Morgan fingerprint density at radius 1 is 1.06 bits per heavy atom. The molecule has 2 aromatic carbocycles. The van der Waals surface area contributed by atoms with Gasteiger partial charge < -0.3 is 14.4 Å². The maximum absolute atomic E-state index is 13.5. The topological polar surface area (TPSA) is 64.5 Å². The molecule has 2 aliphatic rings. The Morgan fingerprint density at radius 2 is 1.80 bits per heavy atom. The summed E-state index contributed by atoms with van der Waals surface area (Å²) in [6.45, 7) is 1.86. The van der Waals surface area contributed by atoms with Gasteiger partial charge in [0, 0.05) is 43.2 Å². The maximum atomic E-state index is 13.5. The number of rotatable bonds is 7. The summed E-state index contributed by atoms with van der Waals surface area (Å²) in [5.41, 5.74) is 2.12. The van der Waals surface area contributed by atoms with Crippen LogP contribution in [0, 0.1) is 11.7 Å². The third kappa shape index (κ3) is 5.93. The smallest absolute Gasteiger partial charge is 0.309 e. The Kier molecular flexibility index (Phi) is 7.48. The third-order valence-corrected chi connectivity index (χ3v) is 7.86. The molecule has 0 atom stereocenters. The van der Waals surface area contributed by atoms with Crippen LogP contribution in [0.2, 0.25) is 5.02 Å². The van der Waals surface area contributed by atoms with Gasteiger partial charge in [-0.2, -0.15) is 0 Å². The van der Waals surface area contributed by atoms with Gasteiger partial charge in [-0.1, -0.05) is 35.8 Å². The van der Waals surface area contributed by atoms with Crippen LogP contribution in [0.3, 0.4) is 0 Å². The molecule has 1 saturated carbocycles. The van der Waals surface area contributed by atoms with Gasteiger partial charge in [0.05, 0.1) is 10.9 Å². The van der Waals surface area contributed by atoms with Crippen molar-refractivity contribution < 1.29 is 18.7 Å². The molecule has 0 radical (unpaired) electrons. The SMILES string of the molecule is O=C(OCc1nnc(-c2ccc(N3CCC(Oc4cc(F)ccc4Cl)CC3)cc2)s1)C1CCCC1. The van der Waals surface area contributed by atoms with E-state index < -0.39 is 0 Å². The zero-order valence-corrected chi connectivity index (χ0v) is 20.9. The molecule has 2 fully saturated rings. The molecule has 2 heterocycles. The van der Waals surface area contributed by atoms with Crippen molar-refractivity contribution in [2.24, 2.45) is 5.92 Å². The molecule has 5 rings (SSSR count). The van der Waals surface area contributed by atoms with Crippen molar-refractivity contribution in [1.82, 2.24) is 10.2 Å². The van der Waals surface area contributed by atoms with Gasteiger partial charge in [-0.15, -0.1) is 10.2 Å². The molecule has 9 heteroatoms. The number of esters is 1. The molecule has 3 aromatic rings. The number of carbonyl (C=O) groups excluding carboxylic acids is 1. The Balaban J connectivity index is 1.13. The molecule has 0 bridgehead atoms. The van der Waals surface area contributed by atoms with Gasteiger partial charge in [-0.25, -0.2) is 4.39 Å². The summed E-state index contributed by atoms with van der Waals surface area (Å²) in [7, 11) is 0. The predicted molar refractivity (Wildman–Crippen MR) is 134 cm³/mol. The molecular formula is C26H27ClFN3O3S. The first kappa shape index (κ1) is 24.0. The van der Waals surface area contributed by atoms with Crippen LogP contribution in [0.25, 0.3) is 10.6 Å². The van der Waals surface area contributed by atoms with E-state index in [9.17, 15) is 9.18 Å². The van der Waals surface area contributed by atoms with Gasteiger partial charge in [0.2, 0.25) is 0 Å². The van der Waals surface area contributed by atoms with E-state index in [1.54, 1.807) is 0 Å². The van der Waals surface area contributed by atoms with Crippen LogP contribution >= 0.6 is 22.9 Å². The van der Waals surface area contributed by atoms with E-state index in [2.05, 4.69) is 27.2 Å². The Bertz CT molecular complexity index is 1160. The highest BCUT2D eigenvalue weighted by Crippen LogP contribution is 2.31. The zero-order chi connectivity index (χ0) is 24.2. The highest BCUT2D eigenvalue weighted by atomic mass is 35.5. The number of hydrogen-bond donors (Lipinski definition) is 0. The molecule has 6 nitrogen and oxygen atoms in total. The highest BCUT2D eigenvalue weighted by Gasteiger charge is 2.25. The van der Waals surface area contributed by atoms with Gasteiger partial charge in [0.25, 0.3) is 0 Å². The molecule has 1 saturated heterocycles. The van der Waals surface area contributed by atoms with Crippen LogP contribution in [-0.4, -0.2) is 35.4 Å². The zero-order valence-electron chi connectivity index (χ0n) is 19.3. The van der Waals surface area contributed by atoms with Gasteiger partial charge in [-0.05, 0) is 49.2 Å². The lowest BCUT2D eigenvalue weighted by Gasteiger charge is -2.34. The number of benzene rings is 2. The quantitative estimate of drug-likeness (QED) is 0.345. The second-order valence-corrected chi connectivity index (χ2v) is 10.5. The van der Waals surface area contributed by atoms with Crippen LogP contribution in [0.5, 0.6) is 5.75 Å².